The minimum Gasteiger partial charge on any atom is -0.371 e. The van der Waals surface area contributed by atoms with Crippen LogP contribution in [-0.2, 0) is 0 Å². The number of fused-ring (bicyclic) bond motifs is 1. The zero-order chi connectivity index (χ0) is 12.3. The fourth-order valence-corrected chi connectivity index (χ4v) is 1.67. The number of carbonyl (C=O) groups is 2. The van der Waals surface area contributed by atoms with Crippen LogP contribution < -0.4 is 5.32 Å². The zero-order valence-electron chi connectivity index (χ0n) is 9.41. The van der Waals surface area contributed by atoms with Crippen molar-refractivity contribution in [3.05, 3.63) is 47.2 Å². The van der Waals surface area contributed by atoms with Crippen LogP contribution in [0, 0.1) is 11.8 Å². The van der Waals surface area contributed by atoms with Crippen LogP contribution in [0.5, 0.6) is 0 Å². The van der Waals surface area contributed by atoms with Crippen molar-refractivity contribution < 1.29 is 9.59 Å². The van der Waals surface area contributed by atoms with Gasteiger partial charge in [0.05, 0.1) is 12.2 Å². The Kier molecular flexibility index (Phi) is 3.06. The lowest BCUT2D eigenvalue weighted by Gasteiger charge is -2.14. The Morgan fingerprint density at radius 2 is 1.88 bits per heavy atom. The molecule has 0 atom stereocenters. The molecule has 1 N–H and O–H groups in total. The molecular weight excluding hydrogens is 214 g/mol. The summed E-state index contributed by atoms with van der Waals surface area (Å²) in [7, 11) is 0. The molecule has 17 heavy (non-hydrogen) atoms. The van der Waals surface area contributed by atoms with E-state index in [4.69, 9.17) is 0 Å². The third-order valence-corrected chi connectivity index (χ3v) is 2.50. The highest BCUT2D eigenvalue weighted by Gasteiger charge is 2.24. The summed E-state index contributed by atoms with van der Waals surface area (Å²) < 4.78 is 0. The van der Waals surface area contributed by atoms with Crippen LogP contribution in [0.15, 0.2) is 36.0 Å². The maximum absolute atomic E-state index is 12.0. The smallest absolute Gasteiger partial charge is 0.209 e. The van der Waals surface area contributed by atoms with E-state index in [-0.39, 0.29) is 11.6 Å². The number of ketones is 2. The third kappa shape index (κ3) is 2.11. The summed E-state index contributed by atoms with van der Waals surface area (Å²) in [6.07, 6.45) is 1.34. The van der Waals surface area contributed by atoms with Gasteiger partial charge in [-0.25, -0.2) is 0 Å². The van der Waals surface area contributed by atoms with Gasteiger partial charge in [-0.2, -0.15) is 0 Å². The van der Waals surface area contributed by atoms with Gasteiger partial charge in [-0.05, 0) is 6.92 Å². The van der Waals surface area contributed by atoms with Crippen molar-refractivity contribution in [3.63, 3.8) is 0 Å². The molecule has 3 heteroatoms. The molecule has 0 aliphatic heterocycles. The molecule has 0 spiro atoms. The second-order valence-electron chi connectivity index (χ2n) is 3.58. The van der Waals surface area contributed by atoms with Gasteiger partial charge in [0.2, 0.25) is 5.78 Å². The second-order valence-corrected chi connectivity index (χ2v) is 3.58. The number of nitrogens with one attached hydrogen (secondary N) is 1. The molecule has 0 amide bonds. The number of rotatable bonds is 2. The number of hydrogen-bond donors (Lipinski definition) is 1. The van der Waals surface area contributed by atoms with Gasteiger partial charge in [0.1, 0.15) is 0 Å². The Bertz CT molecular complexity index is 573. The highest BCUT2D eigenvalue weighted by atomic mass is 16.1. The molecule has 0 radical (unpaired) electrons. The lowest BCUT2D eigenvalue weighted by atomic mass is 9.93. The fraction of sp³-hybridized carbons (Fsp3) is 0.143. The molecule has 1 aliphatic rings. The number of benzene rings is 1. The standard InChI is InChI=1S/C14H11NO2/c1-2-3-8-15-12-9-13(16)10-6-4-5-7-11(10)14(12)17/h4-7,9,15H,8H2,1H3. The van der Waals surface area contributed by atoms with Gasteiger partial charge in [0, 0.05) is 17.2 Å². The largest absolute Gasteiger partial charge is 0.371 e. The first-order valence-electron chi connectivity index (χ1n) is 5.27. The molecular formula is C14H11NO2. The van der Waals surface area contributed by atoms with Gasteiger partial charge in [0.25, 0.3) is 0 Å². The van der Waals surface area contributed by atoms with E-state index in [9.17, 15) is 9.59 Å². The quantitative estimate of drug-likeness (QED) is 0.777. The van der Waals surface area contributed by atoms with E-state index in [2.05, 4.69) is 17.2 Å². The lowest BCUT2D eigenvalue weighted by molar-refractivity contribution is 0.0979. The topological polar surface area (TPSA) is 46.2 Å². The monoisotopic (exact) mass is 225 g/mol. The van der Waals surface area contributed by atoms with Crippen LogP contribution in [0.2, 0.25) is 0 Å². The summed E-state index contributed by atoms with van der Waals surface area (Å²) in [6.45, 7) is 2.09. The predicted molar refractivity (Wildman–Crippen MR) is 64.6 cm³/mol. The highest BCUT2D eigenvalue weighted by molar-refractivity contribution is 6.24. The summed E-state index contributed by atoms with van der Waals surface area (Å²) in [5.41, 5.74) is 1.23. The average molecular weight is 225 g/mol. The van der Waals surface area contributed by atoms with Crippen molar-refractivity contribution in [2.24, 2.45) is 0 Å². The SMILES string of the molecule is CC#CCNC1=CC(=O)c2ccccc2C1=O. The Balaban J connectivity index is 2.31. The van der Waals surface area contributed by atoms with Gasteiger partial charge < -0.3 is 5.32 Å². The number of Topliss-reactive ketones (excluding diaryl/α,β-unsaturated/α-hetero) is 1. The molecule has 0 saturated heterocycles. The Hall–Kier alpha value is -2.34. The van der Waals surface area contributed by atoms with Crippen molar-refractivity contribution in [2.75, 3.05) is 6.54 Å². The molecule has 0 heterocycles. The Labute approximate surface area is 99.5 Å². The van der Waals surface area contributed by atoms with Crippen molar-refractivity contribution in [1.29, 1.82) is 0 Å². The molecule has 2 rings (SSSR count). The summed E-state index contributed by atoms with van der Waals surface area (Å²) in [4.78, 5) is 23.8. The predicted octanol–water partition coefficient (Wildman–Crippen LogP) is 1.56. The minimum atomic E-state index is -0.155. The van der Waals surface area contributed by atoms with Crippen LogP contribution in [0.3, 0.4) is 0 Å². The van der Waals surface area contributed by atoms with Crippen LogP contribution in [0.1, 0.15) is 27.6 Å². The van der Waals surface area contributed by atoms with Crippen LogP contribution >= 0.6 is 0 Å². The summed E-state index contributed by atoms with van der Waals surface area (Å²) >= 11 is 0. The lowest BCUT2D eigenvalue weighted by Crippen LogP contribution is -2.27. The first-order chi connectivity index (χ1) is 8.24. The summed E-state index contributed by atoms with van der Waals surface area (Å²) in [5, 5.41) is 2.86. The first kappa shape index (κ1) is 11.2. The molecule has 0 saturated carbocycles. The van der Waals surface area contributed by atoms with Gasteiger partial charge in [-0.1, -0.05) is 30.2 Å². The number of allylic oxidation sites excluding steroid dienone is 2. The van der Waals surface area contributed by atoms with Crippen LogP contribution in [0.4, 0.5) is 0 Å². The average Bonchev–Trinajstić information content (AvgIpc) is 2.36. The molecule has 0 aromatic heterocycles. The molecule has 0 fully saturated rings. The zero-order valence-corrected chi connectivity index (χ0v) is 9.41. The fourth-order valence-electron chi connectivity index (χ4n) is 1.67. The number of carbonyl (C=O) groups excluding carboxylic acids is 2. The Morgan fingerprint density at radius 3 is 2.59 bits per heavy atom. The molecule has 1 aromatic carbocycles. The van der Waals surface area contributed by atoms with Crippen molar-refractivity contribution in [1.82, 2.24) is 5.32 Å². The van der Waals surface area contributed by atoms with E-state index in [1.165, 1.54) is 6.08 Å². The van der Waals surface area contributed by atoms with E-state index in [0.717, 1.165) is 0 Å². The van der Waals surface area contributed by atoms with Gasteiger partial charge in [-0.15, -0.1) is 5.92 Å². The number of hydrogen-bond acceptors (Lipinski definition) is 3. The third-order valence-electron chi connectivity index (χ3n) is 2.50. The van der Waals surface area contributed by atoms with E-state index in [1.54, 1.807) is 31.2 Å². The normalized spacial score (nSPS) is 13.4. The maximum Gasteiger partial charge on any atom is 0.209 e. The molecule has 3 nitrogen and oxygen atoms in total. The highest BCUT2D eigenvalue weighted by Crippen LogP contribution is 2.19. The van der Waals surface area contributed by atoms with E-state index >= 15 is 0 Å². The minimum absolute atomic E-state index is 0.146. The maximum atomic E-state index is 12.0. The molecule has 1 aromatic rings. The Morgan fingerprint density at radius 1 is 1.18 bits per heavy atom. The van der Waals surface area contributed by atoms with Crippen molar-refractivity contribution in [3.8, 4) is 11.8 Å². The molecule has 0 bridgehead atoms. The molecule has 0 unspecified atom stereocenters. The second kappa shape index (κ2) is 4.67. The van der Waals surface area contributed by atoms with Gasteiger partial charge in [-0.3, -0.25) is 9.59 Å². The van der Waals surface area contributed by atoms with E-state index in [0.29, 0.717) is 23.4 Å². The summed E-state index contributed by atoms with van der Waals surface area (Å²) in [6, 6.07) is 6.82. The van der Waals surface area contributed by atoms with Crippen molar-refractivity contribution >= 4 is 11.6 Å². The van der Waals surface area contributed by atoms with E-state index < -0.39 is 0 Å². The molecule has 84 valence electrons. The van der Waals surface area contributed by atoms with E-state index in [1.807, 2.05) is 0 Å². The van der Waals surface area contributed by atoms with Gasteiger partial charge >= 0.3 is 0 Å². The summed E-state index contributed by atoms with van der Waals surface area (Å²) in [5.74, 6) is 5.21. The molecule has 1 aliphatic carbocycles. The first-order valence-corrected chi connectivity index (χ1v) is 5.27. The van der Waals surface area contributed by atoms with Crippen LogP contribution in [-0.4, -0.2) is 18.1 Å². The van der Waals surface area contributed by atoms with Crippen LogP contribution in [0.25, 0.3) is 0 Å². The van der Waals surface area contributed by atoms with Gasteiger partial charge in [0.15, 0.2) is 5.78 Å². The van der Waals surface area contributed by atoms with Crippen molar-refractivity contribution in [2.45, 2.75) is 6.92 Å².